The monoisotopic (exact) mass is 643 g/mol. The summed E-state index contributed by atoms with van der Waals surface area (Å²) < 4.78 is 60.8. The molecule has 3 amide bonds. The van der Waals surface area contributed by atoms with E-state index in [-0.39, 0.29) is 10.7 Å². The van der Waals surface area contributed by atoms with Crippen molar-refractivity contribution in [3.8, 4) is 5.75 Å². The summed E-state index contributed by atoms with van der Waals surface area (Å²) in [5, 5.41) is 1.47. The first-order valence-electron chi connectivity index (χ1n) is 13.1. The minimum Gasteiger partial charge on any atom is -0.496 e. The van der Waals surface area contributed by atoms with Crippen LogP contribution in [0.1, 0.15) is 21.9 Å². The number of alkyl halides is 3. The Bertz CT molecular complexity index is 1850. The van der Waals surface area contributed by atoms with Gasteiger partial charge in [-0.25, -0.2) is 9.29 Å². The number of benzene rings is 3. The molecule has 2 unspecified atom stereocenters. The van der Waals surface area contributed by atoms with E-state index in [9.17, 15) is 36.7 Å². The highest BCUT2D eigenvalue weighted by Gasteiger charge is 2.57. The van der Waals surface area contributed by atoms with Gasteiger partial charge in [-0.2, -0.15) is 13.2 Å². The molecular formula is C30H21F4N3O5S2. The molecule has 0 bridgehead atoms. The molecule has 8 nitrogen and oxygen atoms in total. The predicted molar refractivity (Wildman–Crippen MR) is 156 cm³/mol. The number of amides is 3. The maximum Gasteiger partial charge on any atom is 0.418 e. The van der Waals surface area contributed by atoms with Gasteiger partial charge in [-0.15, -0.1) is 0 Å². The molecule has 3 atom stereocenters. The third-order valence-electron chi connectivity index (χ3n) is 7.42. The Morgan fingerprint density at radius 2 is 1.64 bits per heavy atom. The third kappa shape index (κ3) is 5.07. The molecule has 1 aromatic heterocycles. The highest BCUT2D eigenvalue weighted by Crippen LogP contribution is 2.55. The number of carbonyl (C=O) groups excluding carboxylic acids is 3. The topological polar surface area (TPSA) is 97.7 Å². The summed E-state index contributed by atoms with van der Waals surface area (Å²) in [6.07, 6.45) is -4.72. The molecule has 226 valence electrons. The first-order valence-corrected chi connectivity index (χ1v) is 14.8. The highest BCUT2D eigenvalue weighted by molar-refractivity contribution is 8.00. The number of nitrogens with zero attached hydrogens (tertiary/aromatic N) is 2. The van der Waals surface area contributed by atoms with Crippen molar-refractivity contribution in [2.75, 3.05) is 17.3 Å². The number of nitrogens with one attached hydrogen (secondary N) is 1. The summed E-state index contributed by atoms with van der Waals surface area (Å²) in [7, 11) is 1.44. The van der Waals surface area contributed by atoms with Crippen LogP contribution in [0.15, 0.2) is 82.6 Å². The molecule has 44 heavy (non-hydrogen) atoms. The number of ether oxygens (including phenoxy) is 1. The molecule has 4 aromatic rings. The van der Waals surface area contributed by atoms with Gasteiger partial charge >= 0.3 is 11.0 Å². The third-order valence-corrected chi connectivity index (χ3v) is 10.0. The minimum atomic E-state index is -4.72. The van der Waals surface area contributed by atoms with Gasteiger partial charge in [0.25, 0.3) is 0 Å². The number of carbonyl (C=O) groups is 3. The molecule has 1 N–H and O–H groups in total. The average Bonchev–Trinajstić information content (AvgIpc) is 3.43. The number of hydrogen-bond donors (Lipinski definition) is 1. The number of imide groups is 1. The lowest BCUT2D eigenvalue weighted by atomic mass is 9.82. The second-order valence-electron chi connectivity index (χ2n) is 9.99. The Hall–Kier alpha value is -4.43. The number of methoxy groups -OCH3 is 1. The Labute approximate surface area is 255 Å². The van der Waals surface area contributed by atoms with E-state index in [1.54, 1.807) is 24.3 Å². The lowest BCUT2D eigenvalue weighted by molar-refractivity contribution is -0.137. The maximum absolute atomic E-state index is 13.9. The van der Waals surface area contributed by atoms with Crippen LogP contribution in [0.5, 0.6) is 5.75 Å². The van der Waals surface area contributed by atoms with Crippen molar-refractivity contribution in [2.24, 2.45) is 5.92 Å². The van der Waals surface area contributed by atoms with Crippen LogP contribution in [-0.2, 0) is 27.1 Å². The van der Waals surface area contributed by atoms with Gasteiger partial charge in [-0.05, 0) is 42.5 Å². The molecule has 0 saturated carbocycles. The van der Waals surface area contributed by atoms with Gasteiger partial charge in [0.2, 0.25) is 17.7 Å². The van der Waals surface area contributed by atoms with Crippen LogP contribution in [-0.4, -0.2) is 34.6 Å². The number of thioether (sulfide) groups is 1. The van der Waals surface area contributed by atoms with Gasteiger partial charge in [0.05, 0.1) is 35.0 Å². The van der Waals surface area contributed by atoms with E-state index >= 15 is 0 Å². The van der Waals surface area contributed by atoms with Gasteiger partial charge in [-0.3, -0.25) is 23.7 Å². The van der Waals surface area contributed by atoms with Gasteiger partial charge in [-0.1, -0.05) is 53.4 Å². The lowest BCUT2D eigenvalue weighted by Gasteiger charge is -2.31. The summed E-state index contributed by atoms with van der Waals surface area (Å²) in [6.45, 7) is -0.635. The van der Waals surface area contributed by atoms with Crippen molar-refractivity contribution >= 4 is 52.2 Å². The molecule has 3 heterocycles. The van der Waals surface area contributed by atoms with E-state index in [1.807, 2.05) is 0 Å². The second kappa shape index (κ2) is 11.2. The zero-order chi connectivity index (χ0) is 31.3. The average molecular weight is 644 g/mol. The quantitative estimate of drug-likeness (QED) is 0.220. The Balaban J connectivity index is 1.42. The van der Waals surface area contributed by atoms with Crippen molar-refractivity contribution in [1.29, 1.82) is 0 Å². The van der Waals surface area contributed by atoms with E-state index in [2.05, 4.69) is 5.32 Å². The van der Waals surface area contributed by atoms with Crippen LogP contribution in [0.25, 0.3) is 0 Å². The van der Waals surface area contributed by atoms with Crippen molar-refractivity contribution in [2.45, 2.75) is 28.9 Å². The standard InChI is InChI=1S/C30H21F4N3O5S2/c1-42-20-9-5-2-6-17(20)22-23-24(27(40)37(26(23)39)16-12-10-15(31)11-13-16)43-28-25(22)44-29(41)36(28)14-21(38)35-19-8-4-3-7-18(19)30(32,33)34/h2-13,22-24H,14H2,1H3,(H,35,38)/t22-,23?,24?/m1/s1. The van der Waals surface area contributed by atoms with E-state index in [0.29, 0.717) is 16.2 Å². The predicted octanol–water partition coefficient (Wildman–Crippen LogP) is 5.51. The Kier molecular flexibility index (Phi) is 7.58. The molecule has 1 fully saturated rings. The first kappa shape index (κ1) is 29.6. The summed E-state index contributed by atoms with van der Waals surface area (Å²) in [5.41, 5.74) is -0.796. The number of anilines is 2. The summed E-state index contributed by atoms with van der Waals surface area (Å²) in [5.74, 6) is -3.96. The number of thiazole rings is 1. The molecule has 1 saturated heterocycles. The largest absolute Gasteiger partial charge is 0.496 e. The molecule has 2 aliphatic heterocycles. The number of halogens is 4. The second-order valence-corrected chi connectivity index (χ2v) is 12.1. The van der Waals surface area contributed by atoms with Crippen LogP contribution in [0.2, 0.25) is 0 Å². The van der Waals surface area contributed by atoms with Crippen molar-refractivity contribution in [1.82, 2.24) is 4.57 Å². The smallest absolute Gasteiger partial charge is 0.418 e. The Morgan fingerprint density at radius 1 is 0.955 bits per heavy atom. The Morgan fingerprint density at radius 3 is 2.34 bits per heavy atom. The van der Waals surface area contributed by atoms with Gasteiger partial charge in [0, 0.05) is 16.4 Å². The van der Waals surface area contributed by atoms with Crippen LogP contribution in [0.4, 0.5) is 28.9 Å². The first-order chi connectivity index (χ1) is 21.0. The molecule has 0 radical (unpaired) electrons. The zero-order valence-electron chi connectivity index (χ0n) is 22.6. The van der Waals surface area contributed by atoms with Crippen LogP contribution in [0, 0.1) is 11.7 Å². The summed E-state index contributed by atoms with van der Waals surface area (Å²) in [4.78, 5) is 54.9. The summed E-state index contributed by atoms with van der Waals surface area (Å²) in [6, 6.07) is 16.2. The van der Waals surface area contributed by atoms with Gasteiger partial charge in [0.1, 0.15) is 23.4 Å². The number of para-hydroxylation sites is 2. The van der Waals surface area contributed by atoms with E-state index in [0.717, 1.165) is 56.8 Å². The van der Waals surface area contributed by atoms with Crippen molar-refractivity contribution in [3.63, 3.8) is 0 Å². The normalized spacial score (nSPS) is 19.5. The molecule has 2 aliphatic rings. The van der Waals surface area contributed by atoms with Crippen LogP contribution >= 0.6 is 23.1 Å². The van der Waals surface area contributed by atoms with E-state index in [4.69, 9.17) is 4.74 Å². The fourth-order valence-electron chi connectivity index (χ4n) is 5.53. The van der Waals surface area contributed by atoms with E-state index in [1.165, 1.54) is 31.4 Å². The van der Waals surface area contributed by atoms with E-state index < -0.39 is 69.5 Å². The highest BCUT2D eigenvalue weighted by atomic mass is 32.2. The lowest BCUT2D eigenvalue weighted by Crippen LogP contribution is -2.33. The van der Waals surface area contributed by atoms with Gasteiger partial charge in [0.15, 0.2) is 0 Å². The molecule has 0 aliphatic carbocycles. The maximum atomic E-state index is 13.9. The number of fused-ring (bicyclic) bond motifs is 2. The molecule has 3 aromatic carbocycles. The molecule has 14 heteroatoms. The number of rotatable bonds is 6. The summed E-state index contributed by atoms with van der Waals surface area (Å²) >= 11 is 1.73. The molecule has 6 rings (SSSR count). The SMILES string of the molecule is COc1ccccc1[C@H]1c2sc(=O)n(CC(=O)Nc3ccccc3C(F)(F)F)c2SC2C(=O)N(c3ccc(F)cc3)C(=O)C21. The van der Waals surface area contributed by atoms with Gasteiger partial charge < -0.3 is 10.1 Å². The number of hydrogen-bond acceptors (Lipinski definition) is 7. The minimum absolute atomic E-state index is 0.179. The molecular weight excluding hydrogens is 622 g/mol. The van der Waals surface area contributed by atoms with Crippen LogP contribution < -0.4 is 19.8 Å². The fourth-order valence-corrected chi connectivity index (χ4v) is 8.30. The zero-order valence-corrected chi connectivity index (χ0v) is 24.3. The fraction of sp³-hybridized carbons (Fsp3) is 0.200. The van der Waals surface area contributed by atoms with Crippen LogP contribution in [0.3, 0.4) is 0 Å². The van der Waals surface area contributed by atoms with Crippen molar-refractivity contribution in [3.05, 3.63) is 104 Å². The van der Waals surface area contributed by atoms with Crippen molar-refractivity contribution < 1.29 is 36.7 Å². The molecule has 0 spiro atoms. The number of aromatic nitrogens is 1.